The van der Waals surface area contributed by atoms with Crippen molar-refractivity contribution >= 4 is 7.82 Å². The van der Waals surface area contributed by atoms with Gasteiger partial charge in [0.25, 0.3) is 0 Å². The summed E-state index contributed by atoms with van der Waals surface area (Å²) >= 11 is 0. The van der Waals surface area contributed by atoms with Gasteiger partial charge in [-0.05, 0) is 0 Å². The first-order valence-corrected chi connectivity index (χ1v) is 4.22. The highest BCUT2D eigenvalue weighted by Crippen LogP contribution is 2.25. The number of phosphoric acid groups is 1. The Morgan fingerprint density at radius 2 is 0.765 bits per heavy atom. The van der Waals surface area contributed by atoms with E-state index in [0.717, 1.165) is 0 Å². The summed E-state index contributed by atoms with van der Waals surface area (Å²) in [7, 11) is -4.64. The molecule has 16 nitrogen and oxygen atoms in total. The molecule has 0 aromatic rings. The van der Waals surface area contributed by atoms with Gasteiger partial charge in [0, 0.05) is 0 Å². The van der Waals surface area contributed by atoms with E-state index in [0.29, 0.717) is 0 Å². The molecule has 0 spiro atoms. The van der Waals surface area contributed by atoms with Crippen LogP contribution >= 0.6 is 7.82 Å². The molecule has 0 bridgehead atoms. The van der Waals surface area contributed by atoms with Crippen LogP contribution in [0.15, 0.2) is 0 Å². The lowest BCUT2D eigenvalue weighted by molar-refractivity contribution is -0.491. The zero-order valence-electron chi connectivity index (χ0n) is 7.72. The molecule has 0 saturated carbocycles. The van der Waals surface area contributed by atoms with Crippen molar-refractivity contribution < 1.29 is 34.3 Å². The topological polar surface area (TPSA) is 285 Å². The van der Waals surface area contributed by atoms with Crippen molar-refractivity contribution in [1.82, 2.24) is 0 Å². The molecule has 0 atom stereocenters. The lowest BCUT2D eigenvalue weighted by Gasteiger charge is -1.82. The molecule has 104 valence electrons. The fraction of sp³-hybridized carbons (Fsp3) is 0. The molecule has 0 aromatic carbocycles. The second kappa shape index (κ2) is 13.7. The van der Waals surface area contributed by atoms with Crippen LogP contribution in [0.3, 0.4) is 0 Å². The van der Waals surface area contributed by atoms with Crippen LogP contribution in [0.4, 0.5) is 0 Å². The van der Waals surface area contributed by atoms with Gasteiger partial charge in [0.15, 0.2) is 15.1 Å². The lowest BCUT2D eigenvalue weighted by Crippen LogP contribution is -2.04. The summed E-state index contributed by atoms with van der Waals surface area (Å²) in [6.07, 6.45) is 0. The predicted molar refractivity (Wildman–Crippen MR) is 47.8 cm³/mol. The fourth-order valence-electron chi connectivity index (χ4n) is 0. The minimum absolute atomic E-state index is 1.00. The monoisotopic (exact) mass is 284 g/mol. The molecule has 0 heterocycles. The van der Waals surface area contributed by atoms with Crippen LogP contribution in [-0.2, 0) is 4.57 Å². The summed E-state index contributed by atoms with van der Waals surface area (Å²) in [5.74, 6) is 11.5. The van der Waals surface area contributed by atoms with Crippen molar-refractivity contribution in [3.63, 3.8) is 0 Å². The fourth-order valence-corrected chi connectivity index (χ4v) is 0. The summed E-state index contributed by atoms with van der Waals surface area (Å²) < 4.78 is 8.88. The highest BCUT2D eigenvalue weighted by molar-refractivity contribution is 7.45. The Morgan fingerprint density at radius 3 is 0.765 bits per heavy atom. The molecule has 9 N–H and O–H groups in total. The maximum atomic E-state index is 8.88. The van der Waals surface area contributed by atoms with Crippen LogP contribution in [0, 0.1) is 30.3 Å². The van der Waals surface area contributed by atoms with E-state index in [4.69, 9.17) is 49.6 Å². The number of hydrazine groups is 3. The Hall–Kier alpha value is -2.29. The van der Waals surface area contributed by atoms with Gasteiger partial charge in [-0.2, -0.15) is 17.5 Å². The van der Waals surface area contributed by atoms with Crippen molar-refractivity contribution in [3.8, 4) is 0 Å². The van der Waals surface area contributed by atoms with Gasteiger partial charge in [0.2, 0.25) is 0 Å². The van der Waals surface area contributed by atoms with Crippen molar-refractivity contribution in [2.75, 3.05) is 0 Å². The van der Waals surface area contributed by atoms with Gasteiger partial charge < -0.3 is 14.7 Å². The second-order valence-electron chi connectivity index (χ2n) is 1.37. The molecule has 0 aliphatic heterocycles. The highest BCUT2D eigenvalue weighted by Gasteiger charge is 2.00. The average Bonchev–Trinajstić information content (AvgIpc) is 1.73. The third-order valence-corrected chi connectivity index (χ3v) is 0. The molecule has 0 saturated heterocycles. The molecular formula is H9N6O10P. The Bertz CT molecular complexity index is 217. The van der Waals surface area contributed by atoms with E-state index in [2.05, 4.69) is 17.5 Å². The Kier molecular flexibility index (Phi) is 19.4. The molecule has 0 aromatic heterocycles. The first kappa shape index (κ1) is 24.1. The van der Waals surface area contributed by atoms with E-state index in [1.54, 1.807) is 0 Å². The van der Waals surface area contributed by atoms with Crippen molar-refractivity contribution in [2.45, 2.75) is 0 Å². The van der Waals surface area contributed by atoms with Crippen LogP contribution in [0.1, 0.15) is 0 Å². The first-order chi connectivity index (χ1) is 7.20. The van der Waals surface area contributed by atoms with E-state index in [-0.39, 0.29) is 0 Å². The van der Waals surface area contributed by atoms with Crippen LogP contribution < -0.4 is 17.5 Å². The first-order valence-electron chi connectivity index (χ1n) is 2.65. The van der Waals surface area contributed by atoms with E-state index in [1.807, 2.05) is 0 Å². The van der Waals surface area contributed by atoms with E-state index < -0.39 is 22.9 Å². The maximum Gasteiger partial charge on any atom is 0.466 e. The smallest absolute Gasteiger partial charge is 0.303 e. The Morgan fingerprint density at radius 1 is 0.765 bits per heavy atom. The Labute approximate surface area is 91.2 Å². The molecule has 0 unspecified atom stereocenters. The number of hydrogen-bond donors (Lipinski definition) is 6. The zero-order valence-corrected chi connectivity index (χ0v) is 8.61. The van der Waals surface area contributed by atoms with E-state index in [1.165, 1.54) is 0 Å². The van der Waals surface area contributed by atoms with Crippen LogP contribution in [-0.4, -0.2) is 29.8 Å². The minimum Gasteiger partial charge on any atom is -0.303 e. The molecular weight excluding hydrogens is 275 g/mol. The second-order valence-corrected chi connectivity index (χ2v) is 2.40. The summed E-state index contributed by atoms with van der Waals surface area (Å²) in [5, 5.41) is 22.8. The number of rotatable bonds is 0. The molecule has 0 rings (SSSR count). The minimum atomic E-state index is -4.64. The third-order valence-electron chi connectivity index (χ3n) is 0. The lowest BCUT2D eigenvalue weighted by atomic mass is 12.8. The summed E-state index contributed by atoms with van der Waals surface area (Å²) in [4.78, 5) is 47.3. The molecule has 0 aliphatic carbocycles. The maximum absolute atomic E-state index is 8.88. The van der Waals surface area contributed by atoms with Gasteiger partial charge in [0.1, 0.15) is 0 Å². The predicted octanol–water partition coefficient (Wildman–Crippen LogP) is -3.52. The number of nitrogens with two attached hydrogens (primary N) is 3. The number of nitro groups is 3. The van der Waals surface area contributed by atoms with Crippen molar-refractivity contribution in [3.05, 3.63) is 30.3 Å². The van der Waals surface area contributed by atoms with Gasteiger partial charge in [-0.1, -0.05) is 0 Å². The average molecular weight is 284 g/mol. The van der Waals surface area contributed by atoms with Gasteiger partial charge in [-0.15, -0.1) is 0 Å². The molecule has 17 heavy (non-hydrogen) atoms. The molecule has 0 aliphatic rings. The van der Waals surface area contributed by atoms with Crippen LogP contribution in [0.25, 0.3) is 0 Å². The molecule has 0 radical (unpaired) electrons. The van der Waals surface area contributed by atoms with E-state index >= 15 is 0 Å². The number of nitrogens with zero attached hydrogens (tertiary/aromatic N) is 3. The number of hydrogen-bond acceptors (Lipinski definition) is 7. The molecule has 0 fully saturated rings. The summed E-state index contributed by atoms with van der Waals surface area (Å²) in [5.41, 5.74) is 0. The van der Waals surface area contributed by atoms with E-state index in [9.17, 15) is 0 Å². The standard InChI is InChI=1S/3H2N2O2.H3O4P/c3*1-2(3)4;1-5(2,3)4/h3*1H2;(H3,1,2,3,4). The highest BCUT2D eigenvalue weighted by atomic mass is 31.2. The molecule has 0 amide bonds. The SMILES string of the molecule is N[N+](=O)[O-].N[N+](=O)[O-].N[N+](=O)[O-].O=P(O)(O)O. The van der Waals surface area contributed by atoms with Crippen molar-refractivity contribution in [2.24, 2.45) is 17.5 Å². The Balaban J connectivity index is -0.0000000667. The van der Waals surface area contributed by atoms with Gasteiger partial charge in [-0.25, -0.2) is 34.9 Å². The van der Waals surface area contributed by atoms with Gasteiger partial charge in [0.05, 0.1) is 0 Å². The largest absolute Gasteiger partial charge is 0.466 e. The zero-order chi connectivity index (χ0) is 15.2. The quantitative estimate of drug-likeness (QED) is 0.109. The van der Waals surface area contributed by atoms with Crippen LogP contribution in [0.2, 0.25) is 0 Å². The normalized spacial score (nSPS) is 7.71. The molecule has 17 heteroatoms. The van der Waals surface area contributed by atoms with Crippen LogP contribution in [0.5, 0.6) is 0 Å². The van der Waals surface area contributed by atoms with Crippen molar-refractivity contribution in [1.29, 1.82) is 0 Å². The van der Waals surface area contributed by atoms with Gasteiger partial charge in [-0.3, -0.25) is 0 Å². The third kappa shape index (κ3) is 358. The van der Waals surface area contributed by atoms with Gasteiger partial charge >= 0.3 is 7.82 Å². The summed E-state index contributed by atoms with van der Waals surface area (Å²) in [6.45, 7) is 0. The summed E-state index contributed by atoms with van der Waals surface area (Å²) in [6, 6.07) is 0.